The van der Waals surface area contributed by atoms with Crippen LogP contribution in [0.1, 0.15) is 46.0 Å². The van der Waals surface area contributed by atoms with Crippen molar-refractivity contribution in [3.8, 4) is 0 Å². The van der Waals surface area contributed by atoms with Crippen molar-refractivity contribution in [2.45, 2.75) is 46.0 Å². The first kappa shape index (κ1) is 11.7. The Hall–Kier alpha value is -0.300. The molecule has 0 saturated heterocycles. The maximum atomic E-state index is 5.55. The van der Waals surface area contributed by atoms with E-state index in [1.165, 1.54) is 32.1 Å². The molecule has 1 unspecified atom stereocenters. The van der Waals surface area contributed by atoms with Crippen molar-refractivity contribution in [1.29, 1.82) is 0 Å². The number of nitrogens with two attached hydrogens (primary N) is 1. The quantitative estimate of drug-likeness (QED) is 0.582. The van der Waals surface area contributed by atoms with E-state index < -0.39 is 0 Å². The van der Waals surface area contributed by atoms with E-state index in [-0.39, 0.29) is 0 Å². The summed E-state index contributed by atoms with van der Waals surface area (Å²) in [6.07, 6.45) is 10.8. The first-order valence-electron chi connectivity index (χ1n) is 5.16. The molecule has 0 aromatic heterocycles. The molecule has 72 valence electrons. The molecule has 0 aliphatic rings. The van der Waals surface area contributed by atoms with Gasteiger partial charge >= 0.3 is 0 Å². The van der Waals surface area contributed by atoms with Gasteiger partial charge in [-0.1, -0.05) is 31.9 Å². The van der Waals surface area contributed by atoms with Gasteiger partial charge < -0.3 is 5.73 Å². The zero-order valence-electron chi connectivity index (χ0n) is 8.55. The topological polar surface area (TPSA) is 26.0 Å². The normalized spacial score (nSPS) is 13.9. The van der Waals surface area contributed by atoms with Gasteiger partial charge in [0, 0.05) is 0 Å². The molecule has 12 heavy (non-hydrogen) atoms. The van der Waals surface area contributed by atoms with Crippen LogP contribution in [-0.4, -0.2) is 6.54 Å². The fraction of sp³-hybridized carbons (Fsp3) is 0.818. The summed E-state index contributed by atoms with van der Waals surface area (Å²) in [5.41, 5.74) is 5.55. The molecule has 0 heterocycles. The van der Waals surface area contributed by atoms with Crippen LogP contribution in [0.15, 0.2) is 12.2 Å². The second-order valence-electron chi connectivity index (χ2n) is 3.38. The molecule has 0 aromatic rings. The molecule has 0 rings (SSSR count). The summed E-state index contributed by atoms with van der Waals surface area (Å²) in [4.78, 5) is 0. The lowest BCUT2D eigenvalue weighted by molar-refractivity contribution is 0.424. The Morgan fingerprint density at radius 2 is 2.00 bits per heavy atom. The highest BCUT2D eigenvalue weighted by Gasteiger charge is 2.04. The zero-order valence-corrected chi connectivity index (χ0v) is 8.55. The highest BCUT2D eigenvalue weighted by atomic mass is 14.5. The Balaban J connectivity index is 3.47. The van der Waals surface area contributed by atoms with Crippen LogP contribution in [0.2, 0.25) is 0 Å². The van der Waals surface area contributed by atoms with Crippen LogP contribution in [0.5, 0.6) is 0 Å². The molecule has 0 spiro atoms. The van der Waals surface area contributed by atoms with Crippen LogP contribution in [0.4, 0.5) is 0 Å². The maximum Gasteiger partial charge on any atom is -0.00746 e. The maximum absolute atomic E-state index is 5.55. The third-order valence-corrected chi connectivity index (χ3v) is 2.25. The molecule has 1 heteroatoms. The standard InChI is InChI=1S/C11H23N/c1-3-5-6-8-11(7-4-2)9-10-12/h3,5,11H,4,6-10,12H2,1-2H3/b5-3+. The van der Waals surface area contributed by atoms with E-state index in [1.54, 1.807) is 0 Å². The summed E-state index contributed by atoms with van der Waals surface area (Å²) in [5, 5.41) is 0. The third kappa shape index (κ3) is 6.41. The average Bonchev–Trinajstić information content (AvgIpc) is 2.06. The van der Waals surface area contributed by atoms with Crippen molar-refractivity contribution in [3.05, 3.63) is 12.2 Å². The average molecular weight is 169 g/mol. The summed E-state index contributed by atoms with van der Waals surface area (Å²) < 4.78 is 0. The molecule has 0 aliphatic heterocycles. The second-order valence-corrected chi connectivity index (χ2v) is 3.38. The number of rotatable bonds is 7. The molecule has 1 nitrogen and oxygen atoms in total. The van der Waals surface area contributed by atoms with E-state index in [1.807, 2.05) is 0 Å². The van der Waals surface area contributed by atoms with Gasteiger partial charge in [0.05, 0.1) is 0 Å². The molecule has 1 atom stereocenters. The monoisotopic (exact) mass is 169 g/mol. The minimum Gasteiger partial charge on any atom is -0.330 e. The molecular weight excluding hydrogens is 146 g/mol. The van der Waals surface area contributed by atoms with Crippen molar-refractivity contribution < 1.29 is 0 Å². The lowest BCUT2D eigenvalue weighted by Crippen LogP contribution is -2.08. The van der Waals surface area contributed by atoms with Crippen molar-refractivity contribution in [2.75, 3.05) is 6.54 Å². The Bertz CT molecular complexity index is 102. The molecule has 0 bridgehead atoms. The zero-order chi connectivity index (χ0) is 9.23. The molecule has 0 amide bonds. The largest absolute Gasteiger partial charge is 0.330 e. The van der Waals surface area contributed by atoms with E-state index in [4.69, 9.17) is 5.73 Å². The smallest absolute Gasteiger partial charge is 0.00746 e. The van der Waals surface area contributed by atoms with Crippen LogP contribution in [-0.2, 0) is 0 Å². The van der Waals surface area contributed by atoms with Gasteiger partial charge in [-0.05, 0) is 38.6 Å². The molecule has 0 aliphatic carbocycles. The SMILES string of the molecule is C/C=C/CCC(CCC)CCN. The predicted molar refractivity (Wildman–Crippen MR) is 56.1 cm³/mol. The fourth-order valence-electron chi connectivity index (χ4n) is 1.58. The van der Waals surface area contributed by atoms with Crippen LogP contribution in [0, 0.1) is 5.92 Å². The number of hydrogen-bond acceptors (Lipinski definition) is 1. The minimum absolute atomic E-state index is 0.848. The van der Waals surface area contributed by atoms with Crippen LogP contribution in [0.25, 0.3) is 0 Å². The molecule has 0 fully saturated rings. The van der Waals surface area contributed by atoms with Crippen LogP contribution >= 0.6 is 0 Å². The predicted octanol–water partition coefficient (Wildman–Crippen LogP) is 3.11. The van der Waals surface area contributed by atoms with Gasteiger partial charge in [-0.2, -0.15) is 0 Å². The van der Waals surface area contributed by atoms with Gasteiger partial charge in [0.1, 0.15) is 0 Å². The van der Waals surface area contributed by atoms with Crippen LogP contribution < -0.4 is 5.73 Å². The van der Waals surface area contributed by atoms with E-state index in [2.05, 4.69) is 26.0 Å². The van der Waals surface area contributed by atoms with E-state index in [0.29, 0.717) is 0 Å². The summed E-state index contributed by atoms with van der Waals surface area (Å²) in [7, 11) is 0. The lowest BCUT2D eigenvalue weighted by Gasteiger charge is -2.13. The second kappa shape index (κ2) is 8.79. The van der Waals surface area contributed by atoms with Crippen molar-refractivity contribution in [2.24, 2.45) is 11.7 Å². The fourth-order valence-corrected chi connectivity index (χ4v) is 1.58. The Morgan fingerprint density at radius 3 is 2.50 bits per heavy atom. The third-order valence-electron chi connectivity index (χ3n) is 2.25. The van der Waals surface area contributed by atoms with Gasteiger partial charge in [-0.25, -0.2) is 0 Å². The Kier molecular flexibility index (Phi) is 8.57. The highest BCUT2D eigenvalue weighted by molar-refractivity contribution is 4.77. The van der Waals surface area contributed by atoms with Gasteiger partial charge in [-0.3, -0.25) is 0 Å². The minimum atomic E-state index is 0.848. The van der Waals surface area contributed by atoms with E-state index in [9.17, 15) is 0 Å². The molecule has 2 N–H and O–H groups in total. The number of allylic oxidation sites excluding steroid dienone is 2. The highest BCUT2D eigenvalue weighted by Crippen LogP contribution is 2.16. The van der Waals surface area contributed by atoms with Gasteiger partial charge in [0.15, 0.2) is 0 Å². The summed E-state index contributed by atoms with van der Waals surface area (Å²) in [5.74, 6) is 0.858. The van der Waals surface area contributed by atoms with Crippen LogP contribution in [0.3, 0.4) is 0 Å². The van der Waals surface area contributed by atoms with E-state index in [0.717, 1.165) is 12.5 Å². The van der Waals surface area contributed by atoms with Crippen molar-refractivity contribution in [3.63, 3.8) is 0 Å². The van der Waals surface area contributed by atoms with E-state index >= 15 is 0 Å². The molecule has 0 saturated carbocycles. The van der Waals surface area contributed by atoms with Gasteiger partial charge in [-0.15, -0.1) is 0 Å². The summed E-state index contributed by atoms with van der Waals surface area (Å²) in [6.45, 7) is 5.18. The molecular formula is C11H23N. The first-order valence-corrected chi connectivity index (χ1v) is 5.16. The Morgan fingerprint density at radius 1 is 1.25 bits per heavy atom. The van der Waals surface area contributed by atoms with Crippen molar-refractivity contribution in [1.82, 2.24) is 0 Å². The first-order chi connectivity index (χ1) is 5.85. The Labute approximate surface area is 77.0 Å². The summed E-state index contributed by atoms with van der Waals surface area (Å²) in [6, 6.07) is 0. The van der Waals surface area contributed by atoms with Crippen molar-refractivity contribution >= 4 is 0 Å². The molecule has 0 aromatic carbocycles. The van der Waals surface area contributed by atoms with Gasteiger partial charge in [0.25, 0.3) is 0 Å². The number of hydrogen-bond donors (Lipinski definition) is 1. The lowest BCUT2D eigenvalue weighted by atomic mass is 9.94. The summed E-state index contributed by atoms with van der Waals surface area (Å²) >= 11 is 0. The molecule has 0 radical (unpaired) electrons. The van der Waals surface area contributed by atoms with Gasteiger partial charge in [0.2, 0.25) is 0 Å².